The van der Waals surface area contributed by atoms with Crippen LogP contribution in [0.3, 0.4) is 0 Å². The maximum atomic E-state index is 12.2. The minimum atomic E-state index is -0.561. The van der Waals surface area contributed by atoms with Crippen LogP contribution in [0.25, 0.3) is 0 Å². The molecule has 0 spiro atoms. The lowest BCUT2D eigenvalue weighted by Gasteiger charge is -2.10. The van der Waals surface area contributed by atoms with E-state index in [1.165, 1.54) is 0 Å². The first-order chi connectivity index (χ1) is 11.6. The molecular weight excluding hydrogens is 370 g/mol. The van der Waals surface area contributed by atoms with Crippen LogP contribution in [0.4, 0.5) is 0 Å². The molecule has 0 aromatic heterocycles. The minimum Gasteiger partial charge on any atom is -0.459 e. The molecule has 3 rings (SSSR count). The molecule has 5 heteroatoms. The molecule has 2 aromatic carbocycles. The number of benzene rings is 2. The van der Waals surface area contributed by atoms with Crippen LogP contribution in [0.5, 0.6) is 0 Å². The molecule has 124 valence electrons. The number of halogens is 1. The lowest BCUT2D eigenvalue weighted by atomic mass is 9.96. The van der Waals surface area contributed by atoms with Crippen molar-refractivity contribution in [1.29, 1.82) is 0 Å². The van der Waals surface area contributed by atoms with E-state index in [-0.39, 0.29) is 24.4 Å². The first-order valence-corrected chi connectivity index (χ1v) is 8.67. The second-order valence-electron chi connectivity index (χ2n) is 5.88. The highest BCUT2D eigenvalue weighted by Crippen LogP contribution is 2.25. The third-order valence-electron chi connectivity index (χ3n) is 4.14. The number of ether oxygens (including phenoxy) is 1. The molecule has 0 bridgehead atoms. The van der Waals surface area contributed by atoms with Gasteiger partial charge in [-0.3, -0.25) is 4.79 Å². The van der Waals surface area contributed by atoms with Crippen LogP contribution in [0.2, 0.25) is 0 Å². The Kier molecular flexibility index (Phi) is 5.30. The van der Waals surface area contributed by atoms with Crippen LogP contribution < -0.4 is 5.32 Å². The summed E-state index contributed by atoms with van der Waals surface area (Å²) in [5.41, 5.74) is 2.00. The van der Waals surface area contributed by atoms with E-state index in [9.17, 15) is 9.59 Å². The quantitative estimate of drug-likeness (QED) is 0.801. The van der Waals surface area contributed by atoms with Gasteiger partial charge >= 0.3 is 5.97 Å². The zero-order valence-corrected chi connectivity index (χ0v) is 14.7. The van der Waals surface area contributed by atoms with Crippen molar-refractivity contribution in [3.05, 3.63) is 70.2 Å². The molecule has 2 aromatic rings. The number of carbonyl (C=O) groups is 2. The van der Waals surface area contributed by atoms with E-state index in [1.54, 1.807) is 0 Å². The largest absolute Gasteiger partial charge is 0.459 e. The molecule has 4 nitrogen and oxygen atoms in total. The fourth-order valence-corrected chi connectivity index (χ4v) is 3.28. The van der Waals surface area contributed by atoms with Crippen molar-refractivity contribution < 1.29 is 14.3 Å². The van der Waals surface area contributed by atoms with Crippen LogP contribution in [-0.4, -0.2) is 17.9 Å². The summed E-state index contributed by atoms with van der Waals surface area (Å²) in [5, 5.41) is 2.75. The maximum Gasteiger partial charge on any atom is 0.328 e. The molecule has 1 aliphatic heterocycles. The second kappa shape index (κ2) is 7.62. The van der Waals surface area contributed by atoms with Gasteiger partial charge in [-0.1, -0.05) is 64.5 Å². The summed E-state index contributed by atoms with van der Waals surface area (Å²) in [4.78, 5) is 24.3. The van der Waals surface area contributed by atoms with E-state index in [4.69, 9.17) is 4.74 Å². The number of rotatable bonds is 5. The fourth-order valence-electron chi connectivity index (χ4n) is 2.83. The van der Waals surface area contributed by atoms with Crippen LogP contribution in [-0.2, 0) is 27.4 Å². The highest BCUT2D eigenvalue weighted by molar-refractivity contribution is 9.10. The van der Waals surface area contributed by atoms with Crippen molar-refractivity contribution in [2.45, 2.75) is 25.5 Å². The minimum absolute atomic E-state index is 0.0904. The van der Waals surface area contributed by atoms with Crippen LogP contribution in [0.15, 0.2) is 59.1 Å². The van der Waals surface area contributed by atoms with Crippen LogP contribution >= 0.6 is 15.9 Å². The molecular formula is C19H18BrNO3. The first-order valence-electron chi connectivity index (χ1n) is 7.88. The summed E-state index contributed by atoms with van der Waals surface area (Å²) in [6.07, 6.45) is 1.07. The zero-order chi connectivity index (χ0) is 16.9. The molecule has 0 saturated carbocycles. The van der Waals surface area contributed by atoms with Gasteiger partial charge in [0.2, 0.25) is 5.91 Å². The van der Waals surface area contributed by atoms with E-state index in [0.717, 1.165) is 15.6 Å². The van der Waals surface area contributed by atoms with Gasteiger partial charge in [0.15, 0.2) is 0 Å². The van der Waals surface area contributed by atoms with Gasteiger partial charge in [0.1, 0.15) is 12.6 Å². The Labute approximate surface area is 149 Å². The van der Waals surface area contributed by atoms with E-state index in [2.05, 4.69) is 21.2 Å². The Hall–Kier alpha value is -2.14. The number of hydrogen-bond donors (Lipinski definition) is 1. The molecule has 0 radical (unpaired) electrons. The van der Waals surface area contributed by atoms with Crippen LogP contribution in [0.1, 0.15) is 17.5 Å². The Morgan fingerprint density at radius 1 is 1.12 bits per heavy atom. The standard InChI is InChI=1S/C19H18BrNO3/c20-16-9-5-4-8-14(16)10-15-11-17(21-18(15)22)19(23)24-12-13-6-2-1-3-7-13/h1-9,15,17H,10-12H2,(H,21,22)/t15?,17-/m0/s1. The maximum absolute atomic E-state index is 12.2. The van der Waals surface area contributed by atoms with E-state index < -0.39 is 6.04 Å². The fraction of sp³-hybridized carbons (Fsp3) is 0.263. The SMILES string of the molecule is O=C1N[C@H](C(=O)OCc2ccccc2)CC1Cc1ccccc1Br. The predicted molar refractivity (Wildman–Crippen MR) is 94.1 cm³/mol. The lowest BCUT2D eigenvalue weighted by molar-refractivity contribution is -0.147. The molecule has 2 atom stereocenters. The summed E-state index contributed by atoms with van der Waals surface area (Å²) in [6.45, 7) is 0.223. The summed E-state index contributed by atoms with van der Waals surface area (Å²) >= 11 is 3.49. The zero-order valence-electron chi connectivity index (χ0n) is 13.1. The molecule has 0 aliphatic carbocycles. The Balaban J connectivity index is 1.56. The number of esters is 1. The van der Waals surface area contributed by atoms with Gasteiger partial charge in [0.05, 0.1) is 0 Å². The van der Waals surface area contributed by atoms with E-state index >= 15 is 0 Å². The lowest BCUT2D eigenvalue weighted by Crippen LogP contribution is -2.34. The Bertz CT molecular complexity index is 732. The van der Waals surface area contributed by atoms with Gasteiger partial charge in [-0.2, -0.15) is 0 Å². The summed E-state index contributed by atoms with van der Waals surface area (Å²) in [6, 6.07) is 16.8. The van der Waals surface area contributed by atoms with Crippen molar-refractivity contribution in [3.8, 4) is 0 Å². The summed E-state index contributed by atoms with van der Waals surface area (Å²) < 4.78 is 6.30. The highest BCUT2D eigenvalue weighted by atomic mass is 79.9. The molecule has 1 heterocycles. The van der Waals surface area contributed by atoms with E-state index in [0.29, 0.717) is 12.8 Å². The van der Waals surface area contributed by atoms with E-state index in [1.807, 2.05) is 54.6 Å². The van der Waals surface area contributed by atoms with Gasteiger partial charge in [-0.15, -0.1) is 0 Å². The number of amides is 1. The Morgan fingerprint density at radius 3 is 2.58 bits per heavy atom. The van der Waals surface area contributed by atoms with Crippen molar-refractivity contribution in [2.24, 2.45) is 5.92 Å². The average Bonchev–Trinajstić information content (AvgIpc) is 2.96. The smallest absolute Gasteiger partial charge is 0.328 e. The highest BCUT2D eigenvalue weighted by Gasteiger charge is 2.37. The Morgan fingerprint density at radius 2 is 1.83 bits per heavy atom. The molecule has 1 fully saturated rings. The molecule has 1 amide bonds. The first kappa shape index (κ1) is 16.7. The van der Waals surface area contributed by atoms with Crippen molar-refractivity contribution in [2.75, 3.05) is 0 Å². The number of nitrogens with one attached hydrogen (secondary N) is 1. The molecule has 1 N–H and O–H groups in total. The monoisotopic (exact) mass is 387 g/mol. The topological polar surface area (TPSA) is 55.4 Å². The second-order valence-corrected chi connectivity index (χ2v) is 6.74. The summed E-state index contributed by atoms with van der Waals surface area (Å²) in [7, 11) is 0. The average molecular weight is 388 g/mol. The van der Waals surface area contributed by atoms with Crippen molar-refractivity contribution in [1.82, 2.24) is 5.32 Å². The van der Waals surface area contributed by atoms with Crippen molar-refractivity contribution >= 4 is 27.8 Å². The van der Waals surface area contributed by atoms with Gasteiger partial charge in [0.25, 0.3) is 0 Å². The van der Waals surface area contributed by atoms with Gasteiger partial charge < -0.3 is 10.1 Å². The number of carbonyl (C=O) groups excluding carboxylic acids is 2. The molecule has 1 saturated heterocycles. The van der Waals surface area contributed by atoms with Crippen molar-refractivity contribution in [3.63, 3.8) is 0 Å². The summed E-state index contributed by atoms with van der Waals surface area (Å²) in [5.74, 6) is -0.674. The van der Waals surface area contributed by atoms with Gasteiger partial charge in [-0.05, 0) is 30.0 Å². The molecule has 24 heavy (non-hydrogen) atoms. The van der Waals surface area contributed by atoms with Crippen LogP contribution in [0, 0.1) is 5.92 Å². The molecule has 1 unspecified atom stereocenters. The third kappa shape index (κ3) is 4.03. The normalized spacial score (nSPS) is 19.8. The third-order valence-corrected chi connectivity index (χ3v) is 4.91. The molecule has 1 aliphatic rings. The predicted octanol–water partition coefficient (Wildman–Crippen LogP) is 3.24. The van der Waals surface area contributed by atoms with Gasteiger partial charge in [-0.25, -0.2) is 4.79 Å². The van der Waals surface area contributed by atoms with Gasteiger partial charge in [0, 0.05) is 10.4 Å². The number of hydrogen-bond acceptors (Lipinski definition) is 3.